The zero-order valence-electron chi connectivity index (χ0n) is 17.3. The number of aryl methyl sites for hydroxylation is 2. The molecule has 0 fully saturated rings. The second-order valence-corrected chi connectivity index (χ2v) is 7.12. The van der Waals surface area contributed by atoms with Crippen molar-refractivity contribution in [3.8, 4) is 17.1 Å². The molecule has 1 amide bonds. The summed E-state index contributed by atoms with van der Waals surface area (Å²) in [6, 6.07) is 13.4. The predicted molar refractivity (Wildman–Crippen MR) is 117 cm³/mol. The highest BCUT2D eigenvalue weighted by Gasteiger charge is 2.11. The van der Waals surface area contributed by atoms with Crippen LogP contribution in [0.2, 0.25) is 0 Å². The molecular weight excluding hydrogens is 395 g/mol. The van der Waals surface area contributed by atoms with Crippen molar-refractivity contribution in [3.63, 3.8) is 0 Å². The van der Waals surface area contributed by atoms with Gasteiger partial charge in [-0.05, 0) is 75.4 Å². The topological polar surface area (TPSA) is 88.5 Å². The van der Waals surface area contributed by atoms with Gasteiger partial charge in [0.25, 0.3) is 0 Å². The number of aromatic nitrogens is 5. The molecule has 2 heterocycles. The van der Waals surface area contributed by atoms with Gasteiger partial charge in [-0.25, -0.2) is 14.1 Å². The van der Waals surface area contributed by atoms with Gasteiger partial charge in [0.15, 0.2) is 5.82 Å². The van der Waals surface area contributed by atoms with Crippen LogP contribution < -0.4 is 5.32 Å². The normalized spacial score (nSPS) is 11.2. The van der Waals surface area contributed by atoms with E-state index < -0.39 is 0 Å². The third kappa shape index (κ3) is 4.42. The summed E-state index contributed by atoms with van der Waals surface area (Å²) in [7, 11) is 0. The molecular formula is C23H21FN6O. The number of carbonyl (C=O) groups is 1. The molecule has 2 N–H and O–H groups in total. The van der Waals surface area contributed by atoms with E-state index in [2.05, 4.69) is 25.6 Å². The number of carbonyl (C=O) groups excluding carboxylic acids is 1. The number of nitrogens with zero attached hydrogens (tertiary/aromatic N) is 4. The number of hydrogen-bond acceptors (Lipinski definition) is 4. The summed E-state index contributed by atoms with van der Waals surface area (Å²) in [5.74, 6) is 0.797. The molecule has 156 valence electrons. The smallest absolute Gasteiger partial charge is 0.248 e. The van der Waals surface area contributed by atoms with Crippen molar-refractivity contribution in [1.29, 1.82) is 0 Å². The van der Waals surface area contributed by atoms with Crippen LogP contribution in [0.3, 0.4) is 0 Å². The monoisotopic (exact) mass is 416 g/mol. The van der Waals surface area contributed by atoms with Gasteiger partial charge in [-0.1, -0.05) is 0 Å². The molecule has 0 saturated carbocycles. The first kappa shape index (κ1) is 20.2. The maximum Gasteiger partial charge on any atom is 0.248 e. The van der Waals surface area contributed by atoms with Crippen LogP contribution in [0, 0.1) is 26.6 Å². The number of nitrogens with one attached hydrogen (secondary N) is 2. The van der Waals surface area contributed by atoms with Crippen LogP contribution >= 0.6 is 0 Å². The fraction of sp³-hybridized carbons (Fsp3) is 0.130. The highest BCUT2D eigenvalue weighted by molar-refractivity contribution is 6.02. The van der Waals surface area contributed by atoms with Crippen molar-refractivity contribution in [2.24, 2.45) is 0 Å². The number of anilines is 1. The van der Waals surface area contributed by atoms with Crippen LogP contribution in [-0.4, -0.2) is 30.9 Å². The van der Waals surface area contributed by atoms with Crippen LogP contribution in [-0.2, 0) is 4.79 Å². The van der Waals surface area contributed by atoms with E-state index in [4.69, 9.17) is 0 Å². The minimum atomic E-state index is -0.300. The number of rotatable bonds is 5. The van der Waals surface area contributed by atoms with Crippen molar-refractivity contribution in [1.82, 2.24) is 25.0 Å². The molecule has 0 aliphatic carbocycles. The fourth-order valence-corrected chi connectivity index (χ4v) is 3.25. The third-order valence-corrected chi connectivity index (χ3v) is 4.83. The summed E-state index contributed by atoms with van der Waals surface area (Å²) >= 11 is 0. The highest BCUT2D eigenvalue weighted by Crippen LogP contribution is 2.20. The highest BCUT2D eigenvalue weighted by atomic mass is 19.1. The Labute approximate surface area is 178 Å². The first-order chi connectivity index (χ1) is 14.9. The molecule has 2 aromatic heterocycles. The molecule has 4 rings (SSSR count). The van der Waals surface area contributed by atoms with E-state index in [9.17, 15) is 9.18 Å². The molecule has 0 spiro atoms. The van der Waals surface area contributed by atoms with Crippen LogP contribution in [0.15, 0.2) is 54.6 Å². The molecule has 0 atom stereocenters. The fourth-order valence-electron chi connectivity index (χ4n) is 3.25. The Balaban J connectivity index is 1.46. The Morgan fingerprint density at radius 3 is 2.42 bits per heavy atom. The second-order valence-electron chi connectivity index (χ2n) is 7.12. The first-order valence-electron chi connectivity index (χ1n) is 9.71. The maximum absolute atomic E-state index is 13.2. The molecule has 2 aromatic carbocycles. The summed E-state index contributed by atoms with van der Waals surface area (Å²) in [6.07, 6.45) is 3.20. The number of halogens is 1. The number of hydrogen-bond donors (Lipinski definition) is 2. The lowest BCUT2D eigenvalue weighted by atomic mass is 10.1. The quantitative estimate of drug-likeness (QED) is 0.473. The molecule has 0 saturated heterocycles. The van der Waals surface area contributed by atoms with Gasteiger partial charge in [-0.2, -0.15) is 10.2 Å². The van der Waals surface area contributed by atoms with E-state index in [1.807, 2.05) is 32.9 Å². The molecule has 31 heavy (non-hydrogen) atoms. The minimum absolute atomic E-state index is 0.255. The van der Waals surface area contributed by atoms with E-state index in [1.165, 1.54) is 18.2 Å². The Morgan fingerprint density at radius 1 is 1.06 bits per heavy atom. The summed E-state index contributed by atoms with van der Waals surface area (Å²) in [4.78, 5) is 16.7. The van der Waals surface area contributed by atoms with Gasteiger partial charge in [-0.3, -0.25) is 9.89 Å². The zero-order valence-corrected chi connectivity index (χ0v) is 17.3. The van der Waals surface area contributed by atoms with Gasteiger partial charge in [0.2, 0.25) is 5.91 Å². The van der Waals surface area contributed by atoms with E-state index in [0.29, 0.717) is 11.5 Å². The molecule has 7 nitrogen and oxygen atoms in total. The van der Waals surface area contributed by atoms with E-state index in [-0.39, 0.29) is 11.7 Å². The SMILES string of the molecule is Cc1nc(-c2ccc(NC(=O)/C=C/c3c(C)nn(-c4ccc(F)cc4)c3C)cc2)n[nH]1. The van der Waals surface area contributed by atoms with Crippen molar-refractivity contribution in [2.75, 3.05) is 5.32 Å². The Bertz CT molecular complexity index is 1250. The van der Waals surface area contributed by atoms with Gasteiger partial charge >= 0.3 is 0 Å². The number of amides is 1. The summed E-state index contributed by atoms with van der Waals surface area (Å²) in [6.45, 7) is 5.61. The largest absolute Gasteiger partial charge is 0.323 e. The molecule has 0 aliphatic rings. The predicted octanol–water partition coefficient (Wildman–Crippen LogP) is 4.37. The first-order valence-corrected chi connectivity index (χ1v) is 9.71. The maximum atomic E-state index is 13.2. The molecule has 8 heteroatoms. The molecule has 0 radical (unpaired) electrons. The Kier molecular flexibility index (Phi) is 5.44. The summed E-state index contributed by atoms with van der Waals surface area (Å²) < 4.78 is 14.9. The van der Waals surface area contributed by atoms with Crippen molar-refractivity contribution in [3.05, 3.63) is 83.2 Å². The van der Waals surface area contributed by atoms with Crippen molar-refractivity contribution < 1.29 is 9.18 Å². The lowest BCUT2D eigenvalue weighted by Crippen LogP contribution is -2.07. The van der Waals surface area contributed by atoms with Crippen LogP contribution in [0.5, 0.6) is 0 Å². The van der Waals surface area contributed by atoms with E-state index >= 15 is 0 Å². The molecule has 0 unspecified atom stereocenters. The average molecular weight is 416 g/mol. The van der Waals surface area contributed by atoms with Crippen LogP contribution in [0.25, 0.3) is 23.2 Å². The number of benzene rings is 2. The van der Waals surface area contributed by atoms with Crippen molar-refractivity contribution >= 4 is 17.7 Å². The molecule has 4 aromatic rings. The number of aromatic amines is 1. The summed E-state index contributed by atoms with van der Waals surface area (Å²) in [5, 5.41) is 14.3. The molecule has 0 bridgehead atoms. The van der Waals surface area contributed by atoms with Gasteiger partial charge in [0, 0.05) is 28.6 Å². The zero-order chi connectivity index (χ0) is 22.0. The van der Waals surface area contributed by atoms with E-state index in [0.717, 1.165) is 34.0 Å². The summed E-state index contributed by atoms with van der Waals surface area (Å²) in [5.41, 5.74) is 4.76. The van der Waals surface area contributed by atoms with Crippen LogP contribution in [0.4, 0.5) is 10.1 Å². The average Bonchev–Trinajstić information content (AvgIpc) is 3.31. The minimum Gasteiger partial charge on any atom is -0.323 e. The number of H-pyrrole nitrogens is 1. The van der Waals surface area contributed by atoms with Gasteiger partial charge in [0.05, 0.1) is 11.4 Å². The molecule has 0 aliphatic heterocycles. The van der Waals surface area contributed by atoms with Crippen LogP contribution in [0.1, 0.15) is 22.8 Å². The Morgan fingerprint density at radius 2 is 1.77 bits per heavy atom. The lowest BCUT2D eigenvalue weighted by Gasteiger charge is -2.04. The second kappa shape index (κ2) is 8.35. The standard InChI is InChI=1S/C23H21FN6O/c1-14-21(15(2)30(29-14)20-10-6-18(24)7-11-20)12-13-22(31)26-19-8-4-17(5-9-19)23-25-16(3)27-28-23/h4-13H,1-3H3,(H,26,31)(H,25,27,28)/b13-12+. The van der Waals surface area contributed by atoms with Gasteiger partial charge in [-0.15, -0.1) is 0 Å². The van der Waals surface area contributed by atoms with Crippen molar-refractivity contribution in [2.45, 2.75) is 20.8 Å². The Hall–Kier alpha value is -4.07. The van der Waals surface area contributed by atoms with Gasteiger partial charge in [0.1, 0.15) is 11.6 Å². The lowest BCUT2D eigenvalue weighted by molar-refractivity contribution is -0.111. The van der Waals surface area contributed by atoms with Gasteiger partial charge < -0.3 is 5.32 Å². The third-order valence-electron chi connectivity index (χ3n) is 4.83. The van der Waals surface area contributed by atoms with E-state index in [1.54, 1.807) is 35.0 Å².